The molecule has 1 nitrogen and oxygen atoms in total. The second-order valence-corrected chi connectivity index (χ2v) is 5.69. The van der Waals surface area contributed by atoms with Crippen molar-refractivity contribution in [3.8, 4) is 0 Å². The Morgan fingerprint density at radius 1 is 1.32 bits per heavy atom. The van der Waals surface area contributed by atoms with Crippen molar-refractivity contribution in [1.29, 1.82) is 0 Å². The maximum Gasteiger partial charge on any atom is 0.406 e. The summed E-state index contributed by atoms with van der Waals surface area (Å²) in [5.74, 6) is 0. The van der Waals surface area contributed by atoms with Crippen LogP contribution in [0, 0.1) is 0 Å². The van der Waals surface area contributed by atoms with Gasteiger partial charge in [-0.3, -0.25) is 5.32 Å². The van der Waals surface area contributed by atoms with Gasteiger partial charge in [0.05, 0.1) is 0 Å². The maximum absolute atomic E-state index is 13.0. The molecule has 0 amide bonds. The molecule has 19 heavy (non-hydrogen) atoms. The smallest absolute Gasteiger partial charge is 0.297 e. The lowest BCUT2D eigenvalue weighted by Gasteiger charge is -2.27. The van der Waals surface area contributed by atoms with Crippen LogP contribution in [0.5, 0.6) is 0 Å². The van der Waals surface area contributed by atoms with Crippen LogP contribution in [0.3, 0.4) is 0 Å². The highest BCUT2D eigenvalue weighted by atomic mass is 35.5. The Labute approximate surface area is 120 Å². The molecule has 0 aromatic heterocycles. The summed E-state index contributed by atoms with van der Waals surface area (Å²) in [6, 6.07) is 4.45. The van der Waals surface area contributed by atoms with Gasteiger partial charge in [0.15, 0.2) is 0 Å². The number of hydrogen-bond donors (Lipinski definition) is 1. The van der Waals surface area contributed by atoms with Crippen molar-refractivity contribution in [3.05, 3.63) is 33.8 Å². The van der Waals surface area contributed by atoms with Gasteiger partial charge in [-0.1, -0.05) is 36.2 Å². The van der Waals surface area contributed by atoms with Crippen LogP contribution in [0.2, 0.25) is 10.0 Å². The molecule has 0 bridgehead atoms. The second kappa shape index (κ2) is 5.15. The summed E-state index contributed by atoms with van der Waals surface area (Å²) >= 11 is 11.9. The molecular formula is C13H14Cl2F3N. The Bertz CT molecular complexity index is 469. The number of halogens is 5. The van der Waals surface area contributed by atoms with Gasteiger partial charge in [-0.05, 0) is 37.0 Å². The largest absolute Gasteiger partial charge is 0.406 e. The lowest BCUT2D eigenvalue weighted by atomic mass is 10.0. The quantitative estimate of drug-likeness (QED) is 0.813. The summed E-state index contributed by atoms with van der Waals surface area (Å²) < 4.78 is 38.9. The summed E-state index contributed by atoms with van der Waals surface area (Å²) in [7, 11) is 0. The molecule has 1 atom stereocenters. The minimum atomic E-state index is -4.22. The molecule has 1 N–H and O–H groups in total. The normalized spacial score (nSPS) is 19.3. The molecule has 1 unspecified atom stereocenters. The molecule has 1 aliphatic rings. The fourth-order valence-electron chi connectivity index (χ4n) is 2.15. The summed E-state index contributed by atoms with van der Waals surface area (Å²) in [5.41, 5.74) is -1.08. The molecule has 6 heteroatoms. The van der Waals surface area contributed by atoms with Gasteiger partial charge in [0, 0.05) is 16.1 Å². The molecule has 0 saturated heterocycles. The van der Waals surface area contributed by atoms with E-state index in [-0.39, 0.29) is 12.8 Å². The maximum atomic E-state index is 13.0. The summed E-state index contributed by atoms with van der Waals surface area (Å²) in [6.07, 6.45) is -3.45. The van der Waals surface area contributed by atoms with Crippen molar-refractivity contribution in [2.75, 3.05) is 0 Å². The first kappa shape index (κ1) is 14.9. The first-order valence-corrected chi connectivity index (χ1v) is 6.84. The van der Waals surface area contributed by atoms with E-state index in [9.17, 15) is 13.2 Å². The van der Waals surface area contributed by atoms with Crippen LogP contribution in [-0.2, 0) is 0 Å². The fourth-order valence-corrected chi connectivity index (χ4v) is 2.69. The minimum absolute atomic E-state index is 0.123. The van der Waals surface area contributed by atoms with Crippen LogP contribution < -0.4 is 5.32 Å². The van der Waals surface area contributed by atoms with E-state index in [0.29, 0.717) is 22.0 Å². The van der Waals surface area contributed by atoms with Crippen LogP contribution in [0.4, 0.5) is 13.2 Å². The Kier molecular flexibility index (Phi) is 4.05. The van der Waals surface area contributed by atoms with E-state index in [1.54, 1.807) is 18.2 Å². The van der Waals surface area contributed by atoms with Crippen LogP contribution in [0.25, 0.3) is 0 Å². The third kappa shape index (κ3) is 3.01. The predicted molar refractivity (Wildman–Crippen MR) is 70.6 cm³/mol. The van der Waals surface area contributed by atoms with Crippen molar-refractivity contribution >= 4 is 23.2 Å². The Hall–Kier alpha value is -0.450. The first-order valence-electron chi connectivity index (χ1n) is 6.08. The van der Waals surface area contributed by atoms with E-state index >= 15 is 0 Å². The monoisotopic (exact) mass is 311 g/mol. The SMILES string of the molecule is CCC(NC1(C(F)(F)F)CC1)c1ccc(Cl)cc1Cl. The van der Waals surface area contributed by atoms with E-state index < -0.39 is 17.8 Å². The van der Waals surface area contributed by atoms with E-state index in [1.807, 2.05) is 6.92 Å². The molecule has 0 aliphatic heterocycles. The molecule has 1 saturated carbocycles. The summed E-state index contributed by atoms with van der Waals surface area (Å²) in [6.45, 7) is 1.83. The Morgan fingerprint density at radius 2 is 1.95 bits per heavy atom. The van der Waals surface area contributed by atoms with E-state index in [2.05, 4.69) is 5.32 Å². The molecule has 1 aromatic carbocycles. The zero-order valence-electron chi connectivity index (χ0n) is 10.3. The van der Waals surface area contributed by atoms with Crippen LogP contribution >= 0.6 is 23.2 Å². The van der Waals surface area contributed by atoms with Gasteiger partial charge < -0.3 is 0 Å². The van der Waals surface area contributed by atoms with Crippen LogP contribution in [0.15, 0.2) is 18.2 Å². The lowest BCUT2D eigenvalue weighted by molar-refractivity contribution is -0.168. The van der Waals surface area contributed by atoms with Crippen LogP contribution in [-0.4, -0.2) is 11.7 Å². The van der Waals surface area contributed by atoms with E-state index in [1.165, 1.54) is 0 Å². The highest BCUT2D eigenvalue weighted by Crippen LogP contribution is 2.50. The molecule has 0 spiro atoms. The highest BCUT2D eigenvalue weighted by Gasteiger charge is 2.63. The molecule has 106 valence electrons. The highest BCUT2D eigenvalue weighted by molar-refractivity contribution is 6.35. The van der Waals surface area contributed by atoms with Gasteiger partial charge in [-0.15, -0.1) is 0 Å². The Morgan fingerprint density at radius 3 is 2.37 bits per heavy atom. The second-order valence-electron chi connectivity index (χ2n) is 4.85. The zero-order valence-corrected chi connectivity index (χ0v) is 11.8. The van der Waals surface area contributed by atoms with Gasteiger partial charge in [0.25, 0.3) is 0 Å². The molecule has 1 fully saturated rings. The van der Waals surface area contributed by atoms with Crippen molar-refractivity contribution in [1.82, 2.24) is 5.32 Å². The third-order valence-corrected chi connectivity index (χ3v) is 4.05. The third-order valence-electron chi connectivity index (χ3n) is 3.49. The Balaban J connectivity index is 2.22. The number of benzene rings is 1. The van der Waals surface area contributed by atoms with Crippen molar-refractivity contribution in [2.24, 2.45) is 0 Å². The van der Waals surface area contributed by atoms with Gasteiger partial charge in [-0.25, -0.2) is 0 Å². The number of rotatable bonds is 4. The minimum Gasteiger partial charge on any atom is -0.297 e. The fraction of sp³-hybridized carbons (Fsp3) is 0.538. The van der Waals surface area contributed by atoms with Gasteiger partial charge in [0.2, 0.25) is 0 Å². The van der Waals surface area contributed by atoms with Gasteiger partial charge in [-0.2, -0.15) is 13.2 Å². The predicted octanol–water partition coefficient (Wildman–Crippen LogP) is 5.13. The zero-order chi connectivity index (χ0) is 14.3. The molecule has 2 rings (SSSR count). The lowest BCUT2D eigenvalue weighted by Crippen LogP contribution is -2.46. The molecule has 0 heterocycles. The van der Waals surface area contributed by atoms with Crippen molar-refractivity contribution in [2.45, 2.75) is 43.9 Å². The summed E-state index contributed by atoms with van der Waals surface area (Å²) in [5, 5.41) is 3.58. The topological polar surface area (TPSA) is 12.0 Å². The van der Waals surface area contributed by atoms with Gasteiger partial charge in [0.1, 0.15) is 5.54 Å². The number of alkyl halides is 3. The average molecular weight is 312 g/mol. The van der Waals surface area contributed by atoms with Gasteiger partial charge >= 0.3 is 6.18 Å². The standard InChI is InChI=1S/C13H14Cl2F3N/c1-2-11(9-4-3-8(14)7-10(9)15)19-12(5-6-12)13(16,17)18/h3-4,7,11,19H,2,5-6H2,1H3. The molecule has 1 aromatic rings. The van der Waals surface area contributed by atoms with E-state index in [0.717, 1.165) is 0 Å². The molecule has 0 radical (unpaired) electrons. The average Bonchev–Trinajstić information content (AvgIpc) is 3.07. The van der Waals surface area contributed by atoms with Crippen molar-refractivity contribution < 1.29 is 13.2 Å². The van der Waals surface area contributed by atoms with Crippen molar-refractivity contribution in [3.63, 3.8) is 0 Å². The van der Waals surface area contributed by atoms with Crippen LogP contribution in [0.1, 0.15) is 37.8 Å². The molecule has 1 aliphatic carbocycles. The number of nitrogens with one attached hydrogen (secondary N) is 1. The van der Waals surface area contributed by atoms with E-state index in [4.69, 9.17) is 23.2 Å². The summed E-state index contributed by atoms with van der Waals surface area (Å²) in [4.78, 5) is 0. The number of hydrogen-bond acceptors (Lipinski definition) is 1. The molecular weight excluding hydrogens is 298 g/mol. The first-order chi connectivity index (χ1) is 8.79.